The van der Waals surface area contributed by atoms with Crippen molar-refractivity contribution < 1.29 is 52.4 Å². The van der Waals surface area contributed by atoms with Gasteiger partial charge in [-0.05, 0) is 132 Å². The zero-order chi connectivity index (χ0) is 43.0. The Morgan fingerprint density at radius 1 is 0.705 bits per heavy atom. The number of aromatic nitrogens is 1. The van der Waals surface area contributed by atoms with E-state index in [4.69, 9.17) is 28.4 Å². The summed E-state index contributed by atoms with van der Waals surface area (Å²) in [5.41, 5.74) is 4.18. The number of thiazole rings is 1. The van der Waals surface area contributed by atoms with E-state index in [0.717, 1.165) is 42.0 Å². The molecule has 14 nitrogen and oxygen atoms in total. The average Bonchev–Trinajstić information content (AvgIpc) is 3.71. The molecule has 1 aromatic heterocycles. The van der Waals surface area contributed by atoms with Crippen LogP contribution in [-0.2, 0) is 33.4 Å². The molecular formula is C46H51N3O11S. The Kier molecular flexibility index (Phi) is 16.4. The molecule has 0 atom stereocenters. The van der Waals surface area contributed by atoms with Gasteiger partial charge in [0.25, 0.3) is 0 Å². The number of nitrogens with zero attached hydrogens (tertiary/aromatic N) is 2. The first-order chi connectivity index (χ1) is 29.7. The van der Waals surface area contributed by atoms with Crippen molar-refractivity contribution in [3.63, 3.8) is 0 Å². The number of hydrogen-bond donors (Lipinski definition) is 1. The van der Waals surface area contributed by atoms with Gasteiger partial charge in [0.2, 0.25) is 5.13 Å². The number of unbranched alkanes of at least 4 members (excludes halogenated alkanes) is 3. The van der Waals surface area contributed by atoms with Gasteiger partial charge in [-0.3, -0.25) is 24.6 Å². The van der Waals surface area contributed by atoms with E-state index in [1.165, 1.54) is 24.7 Å². The molecule has 0 aliphatic heterocycles. The molecule has 2 aliphatic rings. The molecule has 2 aliphatic carbocycles. The van der Waals surface area contributed by atoms with Crippen LogP contribution in [0.25, 0.3) is 10.2 Å². The summed E-state index contributed by atoms with van der Waals surface area (Å²) in [7, 11) is 1.37. The number of hydrogen-bond acceptors (Lipinski definition) is 15. The molecule has 1 N–H and O–H groups in total. The fraction of sp³-hybridized carbons (Fsp3) is 0.413. The third-order valence-corrected chi connectivity index (χ3v) is 11.8. The summed E-state index contributed by atoms with van der Waals surface area (Å²) in [6, 6.07) is 19.4. The van der Waals surface area contributed by atoms with Gasteiger partial charge >= 0.3 is 29.8 Å². The molecule has 0 spiro atoms. The van der Waals surface area contributed by atoms with Crippen LogP contribution in [0, 0.1) is 23.7 Å². The number of para-hydroxylation sites is 1. The second-order valence-corrected chi connectivity index (χ2v) is 16.1. The summed E-state index contributed by atoms with van der Waals surface area (Å²) in [4.78, 5) is 67.3. The topological polar surface area (TPSA) is 178 Å². The SMILES string of the molecule is C=CC(=O)OCCCCCCOc1ccc(OC(=O)C2CCC(C(=O)Oc3ccc(OC(=O)C4CCC(C(=O)OC)CC4)c(/C=N/Nc4nc5ccccc5s4)c3)CC2)cc1. The Hall–Kier alpha value is -6.09. The summed E-state index contributed by atoms with van der Waals surface area (Å²) < 4.78 is 34.0. The highest BCUT2D eigenvalue weighted by Gasteiger charge is 2.33. The molecule has 322 valence electrons. The van der Waals surface area contributed by atoms with E-state index in [1.807, 2.05) is 24.3 Å². The Balaban J connectivity index is 0.979. The summed E-state index contributed by atoms with van der Waals surface area (Å²) in [6.45, 7) is 4.30. The summed E-state index contributed by atoms with van der Waals surface area (Å²) in [5, 5.41) is 4.93. The number of anilines is 1. The minimum Gasteiger partial charge on any atom is -0.494 e. The number of fused-ring (bicyclic) bond motifs is 1. The number of nitrogens with one attached hydrogen (secondary N) is 1. The number of hydrazone groups is 1. The monoisotopic (exact) mass is 853 g/mol. The minimum absolute atomic E-state index is 0.226. The maximum absolute atomic E-state index is 13.4. The van der Waals surface area contributed by atoms with Crippen molar-refractivity contribution in [3.05, 3.63) is 84.9 Å². The van der Waals surface area contributed by atoms with Gasteiger partial charge in [-0.2, -0.15) is 5.10 Å². The molecule has 0 radical (unpaired) electrons. The smallest absolute Gasteiger partial charge is 0.330 e. The fourth-order valence-electron chi connectivity index (χ4n) is 7.33. The van der Waals surface area contributed by atoms with Crippen molar-refractivity contribution in [2.24, 2.45) is 28.8 Å². The maximum atomic E-state index is 13.4. The van der Waals surface area contributed by atoms with Crippen molar-refractivity contribution in [2.75, 3.05) is 25.7 Å². The fourth-order valence-corrected chi connectivity index (χ4v) is 8.15. The zero-order valence-corrected chi connectivity index (χ0v) is 35.0. The summed E-state index contributed by atoms with van der Waals surface area (Å²) >= 11 is 1.44. The molecular weight excluding hydrogens is 803 g/mol. The molecule has 3 aromatic carbocycles. The van der Waals surface area contributed by atoms with E-state index in [-0.39, 0.29) is 41.2 Å². The third-order valence-electron chi connectivity index (χ3n) is 10.8. The number of benzene rings is 3. The van der Waals surface area contributed by atoms with E-state index in [9.17, 15) is 24.0 Å². The first kappa shape index (κ1) is 44.5. The predicted molar refractivity (Wildman–Crippen MR) is 229 cm³/mol. The number of esters is 5. The molecule has 6 rings (SSSR count). The first-order valence-electron chi connectivity index (χ1n) is 20.7. The van der Waals surface area contributed by atoms with Gasteiger partial charge in [-0.1, -0.05) is 30.0 Å². The second-order valence-electron chi connectivity index (χ2n) is 15.0. The van der Waals surface area contributed by atoms with Gasteiger partial charge in [0, 0.05) is 11.6 Å². The van der Waals surface area contributed by atoms with Gasteiger partial charge < -0.3 is 28.4 Å². The molecule has 4 aromatic rings. The standard InChI is InChI=1S/C46H51N3O11S/c1-3-41(50)57-27-9-5-4-8-26-56-35-20-22-36(23-21-35)58-43(52)31-16-18-32(19-17-31)44(53)59-37-24-25-39(60-45(54)33-14-12-30(13-15-33)42(51)55-2)34(28-37)29-47-49-46-48-38-10-6-7-11-40(38)61-46/h3,6-7,10-11,20-25,28-33H,1,4-5,8-9,12-19,26-27H2,2H3,(H,48,49)/b47-29+. The number of carbonyl (C=O) groups excluding carboxylic acids is 5. The number of rotatable bonds is 19. The van der Waals surface area contributed by atoms with Crippen LogP contribution in [-0.4, -0.2) is 61.4 Å². The first-order valence-corrected chi connectivity index (χ1v) is 21.5. The molecule has 0 amide bonds. The van der Waals surface area contributed by atoms with Gasteiger partial charge in [0.15, 0.2) is 0 Å². The van der Waals surface area contributed by atoms with E-state index in [2.05, 4.69) is 22.1 Å². The van der Waals surface area contributed by atoms with Crippen LogP contribution in [0.1, 0.15) is 82.6 Å². The van der Waals surface area contributed by atoms with Crippen LogP contribution in [0.3, 0.4) is 0 Å². The lowest BCUT2D eigenvalue weighted by Gasteiger charge is -2.26. The Morgan fingerprint density at radius 3 is 1.89 bits per heavy atom. The number of ether oxygens (including phenoxy) is 6. The Morgan fingerprint density at radius 2 is 1.26 bits per heavy atom. The molecule has 1 heterocycles. The van der Waals surface area contributed by atoms with Crippen LogP contribution in [0.15, 0.2) is 84.5 Å². The molecule has 0 saturated heterocycles. The highest BCUT2D eigenvalue weighted by atomic mass is 32.1. The second kappa shape index (κ2) is 22.5. The average molecular weight is 854 g/mol. The van der Waals surface area contributed by atoms with Crippen molar-refractivity contribution in [3.8, 4) is 23.0 Å². The molecule has 0 bridgehead atoms. The highest BCUT2D eigenvalue weighted by molar-refractivity contribution is 7.22. The third kappa shape index (κ3) is 13.2. The zero-order valence-electron chi connectivity index (χ0n) is 34.2. The number of carbonyl (C=O) groups is 5. The molecule has 0 unspecified atom stereocenters. The van der Waals surface area contributed by atoms with Crippen LogP contribution in [0.5, 0.6) is 23.0 Å². The highest BCUT2D eigenvalue weighted by Crippen LogP contribution is 2.34. The van der Waals surface area contributed by atoms with Gasteiger partial charge in [-0.15, -0.1) is 0 Å². The van der Waals surface area contributed by atoms with Crippen molar-refractivity contribution >= 4 is 62.7 Å². The lowest BCUT2D eigenvalue weighted by molar-refractivity contribution is -0.149. The molecule has 61 heavy (non-hydrogen) atoms. The molecule has 15 heteroatoms. The molecule has 2 saturated carbocycles. The minimum atomic E-state index is -0.418. The van der Waals surface area contributed by atoms with E-state index < -0.39 is 23.8 Å². The van der Waals surface area contributed by atoms with Gasteiger partial charge in [0.1, 0.15) is 23.0 Å². The van der Waals surface area contributed by atoms with Crippen molar-refractivity contribution in [2.45, 2.75) is 77.0 Å². The quantitative estimate of drug-likeness (QED) is 0.0237. The Bertz CT molecular complexity index is 2140. The van der Waals surface area contributed by atoms with E-state index in [1.54, 1.807) is 42.5 Å². The van der Waals surface area contributed by atoms with Gasteiger partial charge in [0.05, 0.1) is 60.4 Å². The maximum Gasteiger partial charge on any atom is 0.330 e. The lowest BCUT2D eigenvalue weighted by atomic mass is 9.82. The normalized spacial score (nSPS) is 18.8. The van der Waals surface area contributed by atoms with Crippen LogP contribution in [0.4, 0.5) is 5.13 Å². The van der Waals surface area contributed by atoms with Crippen LogP contribution >= 0.6 is 11.3 Å². The summed E-state index contributed by atoms with van der Waals surface area (Å²) in [6.07, 6.45) is 10.1. The van der Waals surface area contributed by atoms with Gasteiger partial charge in [-0.25, -0.2) is 9.78 Å². The van der Waals surface area contributed by atoms with Crippen molar-refractivity contribution in [1.82, 2.24) is 4.98 Å². The van der Waals surface area contributed by atoms with Crippen molar-refractivity contribution in [1.29, 1.82) is 0 Å². The largest absolute Gasteiger partial charge is 0.494 e. The van der Waals surface area contributed by atoms with Crippen LogP contribution < -0.4 is 24.4 Å². The number of methoxy groups -OCH3 is 1. The predicted octanol–water partition coefficient (Wildman–Crippen LogP) is 8.61. The van der Waals surface area contributed by atoms with Crippen LogP contribution in [0.2, 0.25) is 0 Å². The molecule has 2 fully saturated rings. The Labute approximate surface area is 358 Å². The summed E-state index contributed by atoms with van der Waals surface area (Å²) in [5.74, 6) is -1.63. The van der Waals surface area contributed by atoms with E-state index in [0.29, 0.717) is 86.8 Å². The lowest BCUT2D eigenvalue weighted by Crippen LogP contribution is -2.30. The van der Waals surface area contributed by atoms with E-state index >= 15 is 0 Å².